The molecule has 3 rings (SSSR count). The smallest absolute Gasteiger partial charge is 0.158 e. The highest BCUT2D eigenvalue weighted by Gasteiger charge is 2.14. The van der Waals surface area contributed by atoms with E-state index >= 15 is 0 Å². The molecule has 0 saturated heterocycles. The van der Waals surface area contributed by atoms with Crippen LogP contribution in [0, 0.1) is 18.3 Å². The molecule has 0 fully saturated rings. The Morgan fingerprint density at radius 1 is 1.24 bits per heavy atom. The first-order valence-corrected chi connectivity index (χ1v) is 7.03. The van der Waals surface area contributed by atoms with Crippen molar-refractivity contribution in [3.05, 3.63) is 63.0 Å². The Hall–Kier alpha value is -2.09. The molecular formula is C15H10Cl2N4. The van der Waals surface area contributed by atoms with Gasteiger partial charge in [-0.1, -0.05) is 35.3 Å². The molecule has 0 aliphatic rings. The predicted molar refractivity (Wildman–Crippen MR) is 81.7 cm³/mol. The van der Waals surface area contributed by atoms with Crippen LogP contribution in [0.2, 0.25) is 10.3 Å². The Kier molecular flexibility index (Phi) is 3.54. The van der Waals surface area contributed by atoms with Crippen LogP contribution in [0.4, 0.5) is 0 Å². The van der Waals surface area contributed by atoms with E-state index in [0.29, 0.717) is 27.9 Å². The zero-order chi connectivity index (χ0) is 15.0. The van der Waals surface area contributed by atoms with Crippen LogP contribution in [0.1, 0.15) is 22.4 Å². The van der Waals surface area contributed by atoms with Crippen LogP contribution in [0.15, 0.2) is 30.3 Å². The molecule has 2 aromatic heterocycles. The molecule has 1 aromatic carbocycles. The number of hydrogen-bond donors (Lipinski definition) is 0. The first-order valence-electron chi connectivity index (χ1n) is 6.28. The van der Waals surface area contributed by atoms with Gasteiger partial charge < -0.3 is 0 Å². The van der Waals surface area contributed by atoms with Crippen molar-refractivity contribution < 1.29 is 0 Å². The zero-order valence-electron chi connectivity index (χ0n) is 11.1. The molecule has 0 aliphatic heterocycles. The molecule has 21 heavy (non-hydrogen) atoms. The molecule has 2 heterocycles. The van der Waals surface area contributed by atoms with Crippen LogP contribution in [0.5, 0.6) is 0 Å². The summed E-state index contributed by atoms with van der Waals surface area (Å²) in [6, 6.07) is 11.2. The third-order valence-electron chi connectivity index (χ3n) is 3.17. The summed E-state index contributed by atoms with van der Waals surface area (Å²) in [5.74, 6) is 0. The number of hydrogen-bond acceptors (Lipinski definition) is 3. The van der Waals surface area contributed by atoms with Gasteiger partial charge in [-0.3, -0.25) is 0 Å². The van der Waals surface area contributed by atoms with E-state index in [1.807, 2.05) is 25.1 Å². The molecular weight excluding hydrogens is 307 g/mol. The highest BCUT2D eigenvalue weighted by atomic mass is 35.5. The lowest BCUT2D eigenvalue weighted by Gasteiger charge is -2.08. The summed E-state index contributed by atoms with van der Waals surface area (Å²) in [5, 5.41) is 13.9. The number of rotatable bonds is 2. The van der Waals surface area contributed by atoms with Crippen molar-refractivity contribution in [3.63, 3.8) is 0 Å². The molecule has 0 spiro atoms. The molecule has 0 atom stereocenters. The number of aryl methyl sites for hydroxylation is 1. The lowest BCUT2D eigenvalue weighted by atomic mass is 10.1. The highest BCUT2D eigenvalue weighted by Crippen LogP contribution is 2.27. The molecule has 6 heteroatoms. The second-order valence-corrected chi connectivity index (χ2v) is 5.43. The fourth-order valence-corrected chi connectivity index (χ4v) is 2.71. The van der Waals surface area contributed by atoms with Crippen molar-refractivity contribution in [2.45, 2.75) is 13.3 Å². The molecule has 0 aliphatic carbocycles. The van der Waals surface area contributed by atoms with Gasteiger partial charge in [0, 0.05) is 18.1 Å². The first kappa shape index (κ1) is 13.9. The molecule has 104 valence electrons. The van der Waals surface area contributed by atoms with Crippen molar-refractivity contribution >= 4 is 28.8 Å². The molecule has 0 saturated carbocycles. The molecule has 3 aromatic rings. The summed E-state index contributed by atoms with van der Waals surface area (Å²) in [4.78, 5) is 4.32. The summed E-state index contributed by atoms with van der Waals surface area (Å²) in [5.41, 5.74) is 3.80. The van der Waals surface area contributed by atoms with Crippen LogP contribution >= 0.6 is 23.2 Å². The first-order chi connectivity index (χ1) is 10.1. The number of halogens is 2. The quantitative estimate of drug-likeness (QED) is 0.675. The van der Waals surface area contributed by atoms with Crippen molar-refractivity contribution in [3.8, 4) is 6.07 Å². The van der Waals surface area contributed by atoms with Gasteiger partial charge in [0.05, 0.1) is 17.3 Å². The van der Waals surface area contributed by atoms with Gasteiger partial charge in [0.1, 0.15) is 10.3 Å². The zero-order valence-corrected chi connectivity index (χ0v) is 12.7. The summed E-state index contributed by atoms with van der Waals surface area (Å²) in [6.45, 7) is 1.87. The van der Waals surface area contributed by atoms with Gasteiger partial charge in [-0.2, -0.15) is 10.4 Å². The summed E-state index contributed by atoms with van der Waals surface area (Å²) in [7, 11) is 0. The van der Waals surface area contributed by atoms with Crippen molar-refractivity contribution in [1.29, 1.82) is 5.26 Å². The maximum absolute atomic E-state index is 8.81. The SMILES string of the molecule is Cc1cc2nc(Cl)c(Cc3ccc(C#N)cc3)c(Cl)n2n1. The van der Waals surface area contributed by atoms with Crippen molar-refractivity contribution in [1.82, 2.24) is 14.6 Å². The van der Waals surface area contributed by atoms with Gasteiger partial charge >= 0.3 is 0 Å². The molecule has 0 bridgehead atoms. The second-order valence-electron chi connectivity index (χ2n) is 4.71. The number of nitriles is 1. The van der Waals surface area contributed by atoms with E-state index in [0.717, 1.165) is 16.8 Å². The number of nitrogens with zero attached hydrogens (tertiary/aromatic N) is 4. The fraction of sp³-hybridized carbons (Fsp3) is 0.133. The number of aromatic nitrogens is 3. The van der Waals surface area contributed by atoms with Crippen molar-refractivity contribution in [2.24, 2.45) is 0 Å². The van der Waals surface area contributed by atoms with Crippen LogP contribution < -0.4 is 0 Å². The lowest BCUT2D eigenvalue weighted by molar-refractivity contribution is 0.899. The lowest BCUT2D eigenvalue weighted by Crippen LogP contribution is -2.01. The van der Waals surface area contributed by atoms with E-state index in [4.69, 9.17) is 28.5 Å². The topological polar surface area (TPSA) is 54.0 Å². The molecule has 4 nitrogen and oxygen atoms in total. The minimum Gasteiger partial charge on any atom is -0.216 e. The molecule has 0 amide bonds. The largest absolute Gasteiger partial charge is 0.216 e. The Labute approximate surface area is 131 Å². The maximum atomic E-state index is 8.81. The average molecular weight is 317 g/mol. The van der Waals surface area contributed by atoms with Crippen LogP contribution in [0.25, 0.3) is 5.65 Å². The summed E-state index contributed by atoms with van der Waals surface area (Å²) >= 11 is 12.6. The molecule has 0 radical (unpaired) electrons. The predicted octanol–water partition coefficient (Wildman–Crippen LogP) is 3.81. The monoisotopic (exact) mass is 316 g/mol. The van der Waals surface area contributed by atoms with Crippen LogP contribution in [0.3, 0.4) is 0 Å². The average Bonchev–Trinajstić information content (AvgIpc) is 2.85. The number of benzene rings is 1. The Morgan fingerprint density at radius 3 is 2.62 bits per heavy atom. The van der Waals surface area contributed by atoms with E-state index in [1.54, 1.807) is 16.6 Å². The van der Waals surface area contributed by atoms with Gasteiger partial charge in [0.2, 0.25) is 0 Å². The maximum Gasteiger partial charge on any atom is 0.158 e. The minimum absolute atomic E-state index is 0.372. The normalized spacial score (nSPS) is 10.8. The van der Waals surface area contributed by atoms with E-state index in [-0.39, 0.29) is 0 Å². The summed E-state index contributed by atoms with van der Waals surface area (Å²) in [6.07, 6.45) is 0.533. The second kappa shape index (κ2) is 5.36. The molecule has 0 unspecified atom stereocenters. The van der Waals surface area contributed by atoms with Gasteiger partial charge in [0.25, 0.3) is 0 Å². The third-order valence-corrected chi connectivity index (χ3v) is 3.87. The standard InChI is InChI=1S/C15H10Cl2N4/c1-9-6-13-19-14(16)12(15(17)21(13)20-9)7-10-2-4-11(8-18)5-3-10/h2-6H,7H2,1H3. The van der Waals surface area contributed by atoms with Crippen LogP contribution in [-0.2, 0) is 6.42 Å². The van der Waals surface area contributed by atoms with Gasteiger partial charge in [-0.05, 0) is 24.6 Å². The van der Waals surface area contributed by atoms with Gasteiger partial charge in [-0.25, -0.2) is 9.50 Å². The highest BCUT2D eigenvalue weighted by molar-refractivity contribution is 6.34. The molecule has 0 N–H and O–H groups in total. The Balaban J connectivity index is 2.05. The third kappa shape index (κ3) is 2.58. The number of fused-ring (bicyclic) bond motifs is 1. The van der Waals surface area contributed by atoms with Crippen LogP contribution in [-0.4, -0.2) is 14.6 Å². The summed E-state index contributed by atoms with van der Waals surface area (Å²) < 4.78 is 1.59. The van der Waals surface area contributed by atoms with E-state index in [9.17, 15) is 0 Å². The van der Waals surface area contributed by atoms with Gasteiger partial charge in [-0.15, -0.1) is 0 Å². The van der Waals surface area contributed by atoms with Crippen molar-refractivity contribution in [2.75, 3.05) is 0 Å². The van der Waals surface area contributed by atoms with Gasteiger partial charge in [0.15, 0.2) is 5.65 Å². The minimum atomic E-state index is 0.372. The van der Waals surface area contributed by atoms with E-state index in [2.05, 4.69) is 16.2 Å². The fourth-order valence-electron chi connectivity index (χ4n) is 2.14. The Morgan fingerprint density at radius 2 is 1.95 bits per heavy atom. The van der Waals surface area contributed by atoms with E-state index < -0.39 is 0 Å². The Bertz CT molecular complexity index is 860. The van der Waals surface area contributed by atoms with E-state index in [1.165, 1.54) is 0 Å².